The van der Waals surface area contributed by atoms with E-state index in [2.05, 4.69) is 0 Å². The molecule has 0 amide bonds. The number of benzene rings is 2. The molecule has 3 aliphatic rings. The number of hydrogen-bond donors (Lipinski definition) is 7. The molecule has 208 valence electrons. The summed E-state index contributed by atoms with van der Waals surface area (Å²) in [5, 5.41) is 63.7. The minimum atomic E-state index is -2.20. The summed E-state index contributed by atoms with van der Waals surface area (Å²) >= 11 is 0. The molecular weight excluding hydrogens is 510 g/mol. The van der Waals surface area contributed by atoms with Gasteiger partial charge in [-0.2, -0.15) is 0 Å². The van der Waals surface area contributed by atoms with E-state index in [0.29, 0.717) is 6.42 Å². The van der Waals surface area contributed by atoms with Gasteiger partial charge in [0, 0.05) is 41.1 Å². The van der Waals surface area contributed by atoms with Crippen LogP contribution in [-0.2, 0) is 22.6 Å². The first kappa shape index (κ1) is 27.4. The fraction of sp³-hybridized carbons (Fsp3) is 0.464. The molecule has 0 heterocycles. The molecular formula is C28H31NO10. The van der Waals surface area contributed by atoms with Crippen LogP contribution in [0, 0.1) is 5.92 Å². The zero-order chi connectivity index (χ0) is 28.4. The van der Waals surface area contributed by atoms with Crippen molar-refractivity contribution in [2.45, 2.75) is 69.2 Å². The van der Waals surface area contributed by atoms with Crippen LogP contribution in [0.25, 0.3) is 0 Å². The molecule has 1 fully saturated rings. The Morgan fingerprint density at radius 2 is 1.77 bits per heavy atom. The summed E-state index contributed by atoms with van der Waals surface area (Å²) in [5.41, 5.74) is 2.75. The first-order chi connectivity index (χ1) is 18.4. The van der Waals surface area contributed by atoms with E-state index in [0.717, 1.165) is 0 Å². The van der Waals surface area contributed by atoms with Gasteiger partial charge < -0.3 is 41.1 Å². The second-order valence-corrected chi connectivity index (χ2v) is 10.8. The van der Waals surface area contributed by atoms with Crippen molar-refractivity contribution in [3.8, 4) is 11.5 Å². The van der Waals surface area contributed by atoms with Crippen LogP contribution >= 0.6 is 0 Å². The topological polar surface area (TPSA) is 208 Å². The highest BCUT2D eigenvalue weighted by Crippen LogP contribution is 2.52. The first-order valence-corrected chi connectivity index (χ1v) is 12.8. The van der Waals surface area contributed by atoms with Crippen molar-refractivity contribution < 1.29 is 49.8 Å². The minimum Gasteiger partial charge on any atom is -0.507 e. The zero-order valence-corrected chi connectivity index (χ0v) is 21.3. The number of aromatic hydroxyl groups is 2. The molecule has 11 nitrogen and oxygen atoms in total. The molecule has 0 bridgehead atoms. The molecule has 1 saturated carbocycles. The molecule has 2 aromatic rings. The van der Waals surface area contributed by atoms with E-state index >= 15 is 0 Å². The smallest absolute Gasteiger partial charge is 0.198 e. The second kappa shape index (κ2) is 9.77. The average Bonchev–Trinajstić information content (AvgIpc) is 2.90. The van der Waals surface area contributed by atoms with E-state index in [4.69, 9.17) is 10.5 Å². The number of fused-ring (bicyclic) bond motifs is 3. The van der Waals surface area contributed by atoms with E-state index < -0.39 is 96.0 Å². The van der Waals surface area contributed by atoms with Crippen molar-refractivity contribution in [2.75, 3.05) is 6.61 Å². The third-order valence-electron chi connectivity index (χ3n) is 8.36. The monoisotopic (exact) mass is 541 g/mol. The van der Waals surface area contributed by atoms with Crippen LogP contribution < -0.4 is 5.73 Å². The van der Waals surface area contributed by atoms with Crippen molar-refractivity contribution in [3.05, 3.63) is 57.1 Å². The Bertz CT molecular complexity index is 1380. The molecule has 0 aliphatic heterocycles. The van der Waals surface area contributed by atoms with Gasteiger partial charge >= 0.3 is 0 Å². The predicted molar refractivity (Wildman–Crippen MR) is 134 cm³/mol. The largest absolute Gasteiger partial charge is 0.507 e. The summed E-state index contributed by atoms with van der Waals surface area (Å²) in [6.45, 7) is 0.256. The lowest BCUT2D eigenvalue weighted by atomic mass is 9.71. The molecule has 2 aromatic carbocycles. The summed E-state index contributed by atoms with van der Waals surface area (Å²) < 4.78 is 6.25. The standard InChI is InChI=1S/C28H31NO10/c1-11-5-13(6-16(29)23(11)33)39-17-8-28(38,18(32)10-31)7-15-20(17)27(37)22-21(25(15)35)24(34)14-4-2-3-12(9-30)19(14)26(22)36/h2-4,11,13,16-17,23,30-31,33,35,37-38H,5-10,29H2,1H3/t11?,13-,16-,17+,23-,28+/m1/s1. The Morgan fingerprint density at radius 3 is 2.41 bits per heavy atom. The number of phenolic OH excluding ortho intramolecular Hbond substituents is 2. The highest BCUT2D eigenvalue weighted by molar-refractivity contribution is 6.31. The van der Waals surface area contributed by atoms with E-state index in [1.54, 1.807) is 6.92 Å². The van der Waals surface area contributed by atoms with E-state index in [-0.39, 0.29) is 40.2 Å². The first-order valence-electron chi connectivity index (χ1n) is 12.8. The Kier molecular flexibility index (Phi) is 6.86. The third-order valence-corrected chi connectivity index (χ3v) is 8.36. The Balaban J connectivity index is 1.69. The molecule has 0 aromatic heterocycles. The number of aliphatic hydroxyl groups excluding tert-OH is 3. The lowest BCUT2D eigenvalue weighted by molar-refractivity contribution is -0.151. The van der Waals surface area contributed by atoms with Crippen LogP contribution in [0.5, 0.6) is 11.5 Å². The Morgan fingerprint density at radius 1 is 1.08 bits per heavy atom. The molecule has 39 heavy (non-hydrogen) atoms. The predicted octanol–water partition coefficient (Wildman–Crippen LogP) is 0.149. The van der Waals surface area contributed by atoms with Crippen LogP contribution in [0.4, 0.5) is 0 Å². The number of carbonyl (C=O) groups is 3. The average molecular weight is 542 g/mol. The number of rotatable bonds is 5. The van der Waals surface area contributed by atoms with Gasteiger partial charge in [-0.3, -0.25) is 14.4 Å². The van der Waals surface area contributed by atoms with Crippen LogP contribution in [0.2, 0.25) is 0 Å². The van der Waals surface area contributed by atoms with Gasteiger partial charge in [-0.05, 0) is 24.3 Å². The number of phenols is 2. The fourth-order valence-corrected chi connectivity index (χ4v) is 6.32. The summed E-state index contributed by atoms with van der Waals surface area (Å²) in [6.07, 6.45) is -2.92. The number of carbonyl (C=O) groups excluding carboxylic acids is 3. The van der Waals surface area contributed by atoms with Crippen LogP contribution in [0.1, 0.15) is 80.8 Å². The van der Waals surface area contributed by atoms with Gasteiger partial charge in [-0.1, -0.05) is 25.1 Å². The maximum absolute atomic E-state index is 13.6. The highest BCUT2D eigenvalue weighted by Gasteiger charge is 2.49. The summed E-state index contributed by atoms with van der Waals surface area (Å²) in [6, 6.07) is 3.70. The zero-order valence-electron chi connectivity index (χ0n) is 21.3. The Labute approximate surface area is 223 Å². The van der Waals surface area contributed by atoms with Gasteiger partial charge in [0.1, 0.15) is 23.7 Å². The summed E-state index contributed by atoms with van der Waals surface area (Å²) in [4.78, 5) is 39.7. The number of Topliss-reactive ketones (excluding diaryl/α,β-unsaturated/α-hetero) is 1. The number of ketones is 3. The van der Waals surface area contributed by atoms with Crippen LogP contribution in [-0.4, -0.2) is 78.4 Å². The number of aliphatic hydroxyl groups is 4. The maximum atomic E-state index is 13.6. The van der Waals surface area contributed by atoms with Gasteiger partial charge in [0.2, 0.25) is 0 Å². The molecule has 8 N–H and O–H groups in total. The van der Waals surface area contributed by atoms with E-state index in [9.17, 15) is 45.0 Å². The SMILES string of the molecule is CC1C[C@@H](O[C@H]2C[C@](O)(C(=O)CO)Cc3c(O)c4c(c(O)c32)C(=O)c2c(CO)cccc2C4=O)C[C@@H](N)[C@@H]1O. The number of ether oxygens (including phenoxy) is 1. The molecule has 6 atom stereocenters. The van der Waals surface area contributed by atoms with Gasteiger partial charge in [0.25, 0.3) is 0 Å². The summed E-state index contributed by atoms with van der Waals surface area (Å²) in [7, 11) is 0. The molecule has 1 unspecified atom stereocenters. The molecule has 11 heteroatoms. The van der Waals surface area contributed by atoms with Gasteiger partial charge in [-0.25, -0.2) is 0 Å². The molecule has 3 aliphatic carbocycles. The quantitative estimate of drug-likeness (QED) is 0.216. The van der Waals surface area contributed by atoms with Crippen molar-refractivity contribution in [1.29, 1.82) is 0 Å². The molecule has 5 rings (SSSR count). The lowest BCUT2D eigenvalue weighted by Crippen LogP contribution is -2.50. The third kappa shape index (κ3) is 4.17. The molecule has 0 radical (unpaired) electrons. The second-order valence-electron chi connectivity index (χ2n) is 10.8. The number of nitrogens with two attached hydrogens (primary N) is 1. The lowest BCUT2D eigenvalue weighted by Gasteiger charge is -2.42. The number of hydrogen-bond acceptors (Lipinski definition) is 11. The van der Waals surface area contributed by atoms with Crippen molar-refractivity contribution in [2.24, 2.45) is 11.7 Å². The van der Waals surface area contributed by atoms with Gasteiger partial charge in [-0.15, -0.1) is 0 Å². The van der Waals surface area contributed by atoms with Gasteiger partial charge in [0.05, 0.1) is 36.0 Å². The van der Waals surface area contributed by atoms with Crippen LogP contribution in [0.15, 0.2) is 18.2 Å². The molecule has 0 spiro atoms. The van der Waals surface area contributed by atoms with Crippen molar-refractivity contribution in [3.63, 3.8) is 0 Å². The highest BCUT2D eigenvalue weighted by atomic mass is 16.5. The van der Waals surface area contributed by atoms with Crippen molar-refractivity contribution in [1.82, 2.24) is 0 Å². The molecule has 0 saturated heterocycles. The van der Waals surface area contributed by atoms with Crippen LogP contribution in [0.3, 0.4) is 0 Å². The minimum absolute atomic E-state index is 0.0555. The summed E-state index contributed by atoms with van der Waals surface area (Å²) in [5.74, 6) is -4.04. The van der Waals surface area contributed by atoms with Crippen molar-refractivity contribution >= 4 is 17.3 Å². The van der Waals surface area contributed by atoms with E-state index in [1.807, 2.05) is 0 Å². The Hall–Kier alpha value is -3.19. The maximum Gasteiger partial charge on any atom is 0.198 e. The fourth-order valence-electron chi connectivity index (χ4n) is 6.32. The van der Waals surface area contributed by atoms with E-state index in [1.165, 1.54) is 18.2 Å². The van der Waals surface area contributed by atoms with Gasteiger partial charge in [0.15, 0.2) is 17.3 Å². The normalized spacial score (nSPS) is 29.9.